The molecular formula is C25H35N3O4S. The fraction of sp³-hybridized carbons (Fsp3) is 0.440. The van der Waals surface area contributed by atoms with Crippen molar-refractivity contribution in [1.82, 2.24) is 10.2 Å². The third kappa shape index (κ3) is 7.32. The van der Waals surface area contributed by atoms with E-state index in [-0.39, 0.29) is 19.0 Å². The molecule has 0 aromatic heterocycles. The van der Waals surface area contributed by atoms with Gasteiger partial charge in [0.15, 0.2) is 0 Å². The maximum absolute atomic E-state index is 13.6. The van der Waals surface area contributed by atoms with Gasteiger partial charge in [-0.15, -0.1) is 0 Å². The van der Waals surface area contributed by atoms with Gasteiger partial charge in [-0.2, -0.15) is 0 Å². The lowest BCUT2D eigenvalue weighted by molar-refractivity contribution is -0.140. The first kappa shape index (κ1) is 26.4. The molecule has 0 saturated heterocycles. The molecule has 33 heavy (non-hydrogen) atoms. The number of sulfonamides is 1. The number of benzene rings is 2. The molecule has 2 amide bonds. The van der Waals surface area contributed by atoms with Gasteiger partial charge in [-0.05, 0) is 55.5 Å². The maximum atomic E-state index is 13.6. The summed E-state index contributed by atoms with van der Waals surface area (Å²) >= 11 is 0. The molecule has 1 atom stereocenters. The van der Waals surface area contributed by atoms with Crippen LogP contribution in [0.1, 0.15) is 43.4 Å². The monoisotopic (exact) mass is 473 g/mol. The Kier molecular flexibility index (Phi) is 9.46. The summed E-state index contributed by atoms with van der Waals surface area (Å²) in [7, 11) is -3.73. The third-order valence-corrected chi connectivity index (χ3v) is 6.65. The van der Waals surface area contributed by atoms with Crippen LogP contribution in [0.2, 0.25) is 0 Å². The van der Waals surface area contributed by atoms with Gasteiger partial charge in [0, 0.05) is 13.1 Å². The van der Waals surface area contributed by atoms with E-state index >= 15 is 0 Å². The van der Waals surface area contributed by atoms with E-state index in [2.05, 4.69) is 5.32 Å². The van der Waals surface area contributed by atoms with Crippen molar-refractivity contribution in [1.29, 1.82) is 0 Å². The van der Waals surface area contributed by atoms with Gasteiger partial charge in [0.25, 0.3) is 0 Å². The number of amides is 2. The first-order valence-electron chi connectivity index (χ1n) is 11.2. The van der Waals surface area contributed by atoms with Crippen LogP contribution in [0.5, 0.6) is 0 Å². The molecule has 0 spiro atoms. The molecule has 1 N–H and O–H groups in total. The van der Waals surface area contributed by atoms with Crippen molar-refractivity contribution in [2.45, 2.75) is 53.1 Å². The largest absolute Gasteiger partial charge is 0.354 e. The van der Waals surface area contributed by atoms with E-state index < -0.39 is 22.0 Å². The standard InChI is InChI=1S/C25H35N3O4S/c1-6-15-26-25(30)23(7-2)27(17-21-13-9-8-12-20(21)4)24(29)18-28(33(5,31)32)22-14-10-11-19(3)16-22/h8-14,16,23H,6-7,15,17-18H2,1-5H3,(H,26,30). The molecule has 2 aromatic rings. The number of rotatable bonds is 11. The Morgan fingerprint density at radius 3 is 2.30 bits per heavy atom. The average molecular weight is 474 g/mol. The minimum atomic E-state index is -3.73. The zero-order valence-corrected chi connectivity index (χ0v) is 21.0. The summed E-state index contributed by atoms with van der Waals surface area (Å²) < 4.78 is 26.3. The quantitative estimate of drug-likeness (QED) is 0.542. The highest BCUT2D eigenvalue weighted by atomic mass is 32.2. The fourth-order valence-corrected chi connectivity index (χ4v) is 4.49. The molecule has 0 heterocycles. The zero-order valence-electron chi connectivity index (χ0n) is 20.2. The summed E-state index contributed by atoms with van der Waals surface area (Å²) in [6.07, 6.45) is 2.28. The van der Waals surface area contributed by atoms with Crippen molar-refractivity contribution < 1.29 is 18.0 Å². The van der Waals surface area contributed by atoms with Crippen LogP contribution in [0.25, 0.3) is 0 Å². The van der Waals surface area contributed by atoms with Gasteiger partial charge >= 0.3 is 0 Å². The zero-order chi connectivity index (χ0) is 24.6. The Hall–Kier alpha value is -2.87. The van der Waals surface area contributed by atoms with Crippen LogP contribution in [0, 0.1) is 13.8 Å². The highest BCUT2D eigenvalue weighted by Gasteiger charge is 2.31. The van der Waals surface area contributed by atoms with E-state index in [1.807, 2.05) is 58.0 Å². The summed E-state index contributed by atoms with van der Waals surface area (Å²) in [5.41, 5.74) is 3.22. The van der Waals surface area contributed by atoms with E-state index in [0.29, 0.717) is 18.7 Å². The summed E-state index contributed by atoms with van der Waals surface area (Å²) in [5, 5.41) is 2.88. The Bertz CT molecular complexity index is 1070. The van der Waals surface area contributed by atoms with E-state index in [4.69, 9.17) is 0 Å². The first-order chi connectivity index (χ1) is 15.6. The SMILES string of the molecule is CCCNC(=O)C(CC)N(Cc1ccccc1C)C(=O)CN(c1cccc(C)c1)S(C)(=O)=O. The molecule has 0 saturated carbocycles. The maximum Gasteiger partial charge on any atom is 0.244 e. The predicted octanol–water partition coefficient (Wildman–Crippen LogP) is 3.40. The van der Waals surface area contributed by atoms with Crippen molar-refractivity contribution in [2.75, 3.05) is 23.7 Å². The van der Waals surface area contributed by atoms with Crippen LogP contribution in [0.15, 0.2) is 48.5 Å². The summed E-state index contributed by atoms with van der Waals surface area (Å²) in [6.45, 7) is 7.97. The molecule has 2 aromatic carbocycles. The third-order valence-electron chi connectivity index (χ3n) is 5.51. The Balaban J connectivity index is 2.44. The topological polar surface area (TPSA) is 86.8 Å². The van der Waals surface area contributed by atoms with Crippen LogP contribution < -0.4 is 9.62 Å². The number of carbonyl (C=O) groups excluding carboxylic acids is 2. The molecule has 0 aliphatic carbocycles. The molecule has 180 valence electrons. The number of hydrogen-bond acceptors (Lipinski definition) is 4. The molecule has 0 fully saturated rings. The van der Waals surface area contributed by atoms with Gasteiger partial charge < -0.3 is 10.2 Å². The summed E-state index contributed by atoms with van der Waals surface area (Å²) in [5.74, 6) is -0.661. The molecule has 1 unspecified atom stereocenters. The van der Waals surface area contributed by atoms with Crippen molar-refractivity contribution in [3.63, 3.8) is 0 Å². The second-order valence-corrected chi connectivity index (χ2v) is 10.2. The number of aryl methyl sites for hydroxylation is 2. The van der Waals surface area contributed by atoms with Gasteiger partial charge in [0.1, 0.15) is 12.6 Å². The normalized spacial score (nSPS) is 12.2. The van der Waals surface area contributed by atoms with E-state index in [9.17, 15) is 18.0 Å². The van der Waals surface area contributed by atoms with Gasteiger partial charge in [0.2, 0.25) is 21.8 Å². The van der Waals surface area contributed by atoms with Crippen LogP contribution in [-0.4, -0.2) is 50.5 Å². The van der Waals surface area contributed by atoms with Crippen LogP contribution in [0.4, 0.5) is 5.69 Å². The van der Waals surface area contributed by atoms with Crippen molar-refractivity contribution >= 4 is 27.5 Å². The van der Waals surface area contributed by atoms with Crippen LogP contribution in [0.3, 0.4) is 0 Å². The van der Waals surface area contributed by atoms with Crippen molar-refractivity contribution in [3.05, 3.63) is 65.2 Å². The number of hydrogen-bond donors (Lipinski definition) is 1. The summed E-state index contributed by atoms with van der Waals surface area (Å²) in [4.78, 5) is 28.0. The fourth-order valence-electron chi connectivity index (χ4n) is 3.65. The van der Waals surface area contributed by atoms with Crippen molar-refractivity contribution in [3.8, 4) is 0 Å². The van der Waals surface area contributed by atoms with Gasteiger partial charge in [-0.3, -0.25) is 13.9 Å². The minimum absolute atomic E-state index is 0.217. The van der Waals surface area contributed by atoms with Gasteiger partial charge in [-0.1, -0.05) is 50.2 Å². The molecule has 0 aliphatic rings. The molecule has 0 bridgehead atoms. The van der Waals surface area contributed by atoms with Gasteiger partial charge in [0.05, 0.1) is 11.9 Å². The minimum Gasteiger partial charge on any atom is -0.354 e. The van der Waals surface area contributed by atoms with Gasteiger partial charge in [-0.25, -0.2) is 8.42 Å². The molecule has 2 rings (SSSR count). The second kappa shape index (κ2) is 11.8. The average Bonchev–Trinajstić information content (AvgIpc) is 2.76. The van der Waals surface area contributed by atoms with E-state index in [1.54, 1.807) is 18.2 Å². The number of nitrogens with zero attached hydrogens (tertiary/aromatic N) is 2. The second-order valence-electron chi connectivity index (χ2n) is 8.27. The lowest BCUT2D eigenvalue weighted by atomic mass is 10.1. The molecule has 0 aliphatic heterocycles. The Morgan fingerprint density at radius 2 is 1.73 bits per heavy atom. The summed E-state index contributed by atoms with van der Waals surface area (Å²) in [6, 6.07) is 14.0. The first-order valence-corrected chi connectivity index (χ1v) is 13.1. The number of carbonyl (C=O) groups is 2. The van der Waals surface area contributed by atoms with Crippen molar-refractivity contribution in [2.24, 2.45) is 0 Å². The molecule has 0 radical (unpaired) electrons. The molecule has 7 nitrogen and oxygen atoms in total. The predicted molar refractivity (Wildman–Crippen MR) is 132 cm³/mol. The molecule has 8 heteroatoms. The number of anilines is 1. The Labute approximate surface area is 197 Å². The lowest BCUT2D eigenvalue weighted by Crippen LogP contribution is -2.52. The lowest BCUT2D eigenvalue weighted by Gasteiger charge is -2.33. The highest BCUT2D eigenvalue weighted by Crippen LogP contribution is 2.21. The highest BCUT2D eigenvalue weighted by molar-refractivity contribution is 7.92. The van der Waals surface area contributed by atoms with E-state index in [0.717, 1.165) is 33.7 Å². The van der Waals surface area contributed by atoms with Crippen LogP contribution in [-0.2, 0) is 26.2 Å². The van der Waals surface area contributed by atoms with E-state index in [1.165, 1.54) is 4.90 Å². The number of nitrogens with one attached hydrogen (secondary N) is 1. The smallest absolute Gasteiger partial charge is 0.244 e. The Morgan fingerprint density at radius 1 is 1.03 bits per heavy atom. The van der Waals surface area contributed by atoms with Crippen LogP contribution >= 0.6 is 0 Å². The molecular weight excluding hydrogens is 438 g/mol.